The van der Waals surface area contributed by atoms with Gasteiger partial charge in [-0.15, -0.1) is 22.7 Å². The predicted molar refractivity (Wildman–Crippen MR) is 84.0 cm³/mol. The normalized spacial score (nSPS) is 10.9. The lowest BCUT2D eigenvalue weighted by atomic mass is 10.3. The van der Waals surface area contributed by atoms with E-state index in [9.17, 15) is 0 Å². The Morgan fingerprint density at radius 2 is 2.20 bits per heavy atom. The molecule has 0 unspecified atom stereocenters. The van der Waals surface area contributed by atoms with Gasteiger partial charge in [0.2, 0.25) is 5.95 Å². The van der Waals surface area contributed by atoms with Crippen molar-refractivity contribution in [3.63, 3.8) is 0 Å². The Bertz CT molecular complexity index is 706. The first-order chi connectivity index (χ1) is 9.80. The zero-order valence-corrected chi connectivity index (χ0v) is 12.5. The summed E-state index contributed by atoms with van der Waals surface area (Å²) in [5, 5.41) is 4.37. The van der Waals surface area contributed by atoms with Crippen molar-refractivity contribution in [1.29, 1.82) is 0 Å². The molecule has 0 spiro atoms. The summed E-state index contributed by atoms with van der Waals surface area (Å²) in [7, 11) is 0. The maximum atomic E-state index is 5.43. The highest BCUT2D eigenvalue weighted by Gasteiger charge is 2.11. The van der Waals surface area contributed by atoms with Gasteiger partial charge in [0.05, 0.1) is 17.4 Å². The molecular weight excluding hydrogens is 292 g/mol. The second-order valence-corrected chi connectivity index (χ2v) is 6.23. The summed E-state index contributed by atoms with van der Waals surface area (Å²) in [6.45, 7) is 2.82. The van der Waals surface area contributed by atoms with Crippen LogP contribution in [-0.2, 0) is 13.0 Å². The highest BCUT2D eigenvalue weighted by Crippen LogP contribution is 2.30. The molecule has 0 aromatic carbocycles. The zero-order chi connectivity index (χ0) is 13.9. The molecule has 3 rings (SSSR count). The molecular formula is C12H14N6S2. The lowest BCUT2D eigenvalue weighted by molar-refractivity contribution is 1.10. The van der Waals surface area contributed by atoms with Crippen LogP contribution in [-0.4, -0.2) is 15.0 Å². The highest BCUT2D eigenvalue weighted by atomic mass is 32.1. The lowest BCUT2D eigenvalue weighted by Gasteiger charge is -2.07. The Kier molecular flexibility index (Phi) is 3.77. The number of nitrogen functional groups attached to an aromatic ring is 1. The van der Waals surface area contributed by atoms with Crippen LogP contribution in [0, 0.1) is 0 Å². The van der Waals surface area contributed by atoms with Crippen molar-refractivity contribution in [3.8, 4) is 0 Å². The Labute approximate surface area is 124 Å². The first kappa shape index (κ1) is 13.2. The average Bonchev–Trinajstić information content (AvgIpc) is 3.12. The zero-order valence-electron chi connectivity index (χ0n) is 10.9. The highest BCUT2D eigenvalue weighted by molar-refractivity contribution is 7.18. The Hall–Kier alpha value is -1.77. The van der Waals surface area contributed by atoms with Gasteiger partial charge in [-0.25, -0.2) is 10.8 Å². The summed E-state index contributed by atoms with van der Waals surface area (Å²) in [6.07, 6.45) is 2.84. The summed E-state index contributed by atoms with van der Waals surface area (Å²) < 4.78 is 0. The molecule has 4 N–H and O–H groups in total. The van der Waals surface area contributed by atoms with Gasteiger partial charge in [0.1, 0.15) is 10.6 Å². The van der Waals surface area contributed by atoms with Gasteiger partial charge in [-0.05, 0) is 12.5 Å². The molecule has 0 radical (unpaired) electrons. The van der Waals surface area contributed by atoms with E-state index in [1.807, 2.05) is 11.7 Å². The smallest absolute Gasteiger partial charge is 0.240 e. The van der Waals surface area contributed by atoms with E-state index in [0.717, 1.165) is 27.3 Å². The largest absolute Gasteiger partial charge is 0.364 e. The first-order valence-electron chi connectivity index (χ1n) is 6.18. The third-order valence-electron chi connectivity index (χ3n) is 2.83. The van der Waals surface area contributed by atoms with Gasteiger partial charge in [-0.3, -0.25) is 10.4 Å². The number of aryl methyl sites for hydroxylation is 1. The van der Waals surface area contributed by atoms with Crippen molar-refractivity contribution < 1.29 is 0 Å². The standard InChI is InChI=1S/C12H14N6S2/c1-2-7-3-9-10(15-5-8-4-14-6-19-8)16-12(18-13)17-11(9)20-7/h3-4,6H,2,5,13H2,1H3,(H2,15,16,17,18). The molecule has 0 aliphatic rings. The molecule has 3 aromatic rings. The molecule has 3 aromatic heterocycles. The minimum absolute atomic E-state index is 0.425. The minimum Gasteiger partial charge on any atom is -0.364 e. The van der Waals surface area contributed by atoms with Crippen LogP contribution < -0.4 is 16.6 Å². The number of hydrazine groups is 1. The van der Waals surface area contributed by atoms with Gasteiger partial charge in [-0.1, -0.05) is 6.92 Å². The molecule has 0 bridgehead atoms. The van der Waals surface area contributed by atoms with Crippen molar-refractivity contribution >= 4 is 44.7 Å². The number of thiophene rings is 1. The van der Waals surface area contributed by atoms with E-state index in [1.165, 1.54) is 4.88 Å². The van der Waals surface area contributed by atoms with Gasteiger partial charge < -0.3 is 5.32 Å². The van der Waals surface area contributed by atoms with Gasteiger partial charge in [0.25, 0.3) is 0 Å². The second kappa shape index (κ2) is 5.70. The van der Waals surface area contributed by atoms with Gasteiger partial charge >= 0.3 is 0 Å². The van der Waals surface area contributed by atoms with E-state index < -0.39 is 0 Å². The first-order valence-corrected chi connectivity index (χ1v) is 7.88. The number of fused-ring (bicyclic) bond motifs is 1. The fourth-order valence-corrected chi connectivity index (χ4v) is 3.35. The number of hydrogen-bond acceptors (Lipinski definition) is 8. The van der Waals surface area contributed by atoms with Crippen molar-refractivity contribution in [2.24, 2.45) is 5.84 Å². The molecule has 6 nitrogen and oxygen atoms in total. The van der Waals surface area contributed by atoms with Crippen molar-refractivity contribution in [3.05, 3.63) is 27.5 Å². The number of anilines is 2. The molecule has 8 heteroatoms. The Morgan fingerprint density at radius 1 is 1.30 bits per heavy atom. The maximum Gasteiger partial charge on any atom is 0.240 e. The van der Waals surface area contributed by atoms with E-state index >= 15 is 0 Å². The Morgan fingerprint density at radius 3 is 2.90 bits per heavy atom. The molecule has 0 fully saturated rings. The fourth-order valence-electron chi connectivity index (χ4n) is 1.85. The molecule has 0 saturated heterocycles. The van der Waals surface area contributed by atoms with Gasteiger partial charge in [-0.2, -0.15) is 4.98 Å². The maximum absolute atomic E-state index is 5.43. The number of nitrogens with one attached hydrogen (secondary N) is 2. The molecule has 0 saturated carbocycles. The summed E-state index contributed by atoms with van der Waals surface area (Å²) in [4.78, 5) is 16.2. The van der Waals surface area contributed by atoms with Crippen LogP contribution >= 0.6 is 22.7 Å². The molecule has 0 atom stereocenters. The molecule has 3 heterocycles. The minimum atomic E-state index is 0.425. The molecule has 0 amide bonds. The molecule has 104 valence electrons. The number of aromatic nitrogens is 3. The number of hydrogen-bond donors (Lipinski definition) is 3. The van der Waals surface area contributed by atoms with Crippen LogP contribution in [0.15, 0.2) is 17.8 Å². The quantitative estimate of drug-likeness (QED) is 0.496. The van der Waals surface area contributed by atoms with E-state index in [0.29, 0.717) is 12.5 Å². The molecule has 20 heavy (non-hydrogen) atoms. The van der Waals surface area contributed by atoms with E-state index in [-0.39, 0.29) is 0 Å². The van der Waals surface area contributed by atoms with Crippen LogP contribution in [0.3, 0.4) is 0 Å². The third kappa shape index (κ3) is 2.58. The lowest BCUT2D eigenvalue weighted by Crippen LogP contribution is -2.11. The van der Waals surface area contributed by atoms with E-state index in [1.54, 1.807) is 22.7 Å². The Balaban J connectivity index is 1.96. The van der Waals surface area contributed by atoms with Crippen LogP contribution in [0.4, 0.5) is 11.8 Å². The number of nitrogens with zero attached hydrogens (tertiary/aromatic N) is 3. The summed E-state index contributed by atoms with van der Waals surface area (Å²) >= 11 is 3.28. The monoisotopic (exact) mass is 306 g/mol. The third-order valence-corrected chi connectivity index (χ3v) is 4.79. The van der Waals surface area contributed by atoms with Crippen molar-refractivity contribution in [2.75, 3.05) is 10.7 Å². The summed E-state index contributed by atoms with van der Waals surface area (Å²) in [5.41, 5.74) is 4.33. The molecule has 0 aliphatic carbocycles. The van der Waals surface area contributed by atoms with E-state index in [2.05, 4.69) is 38.7 Å². The number of thiazole rings is 1. The predicted octanol–water partition coefficient (Wildman–Crippen LogP) is 2.61. The van der Waals surface area contributed by atoms with Crippen LogP contribution in [0.2, 0.25) is 0 Å². The van der Waals surface area contributed by atoms with Crippen LogP contribution in [0.1, 0.15) is 16.7 Å². The fraction of sp³-hybridized carbons (Fsp3) is 0.250. The number of nitrogens with two attached hydrogens (primary N) is 1. The van der Waals surface area contributed by atoms with Crippen molar-refractivity contribution in [2.45, 2.75) is 19.9 Å². The van der Waals surface area contributed by atoms with Crippen molar-refractivity contribution in [1.82, 2.24) is 15.0 Å². The average molecular weight is 306 g/mol. The van der Waals surface area contributed by atoms with E-state index in [4.69, 9.17) is 5.84 Å². The SMILES string of the molecule is CCc1cc2c(NCc3cncs3)nc(NN)nc2s1. The molecule has 0 aliphatic heterocycles. The second-order valence-electron chi connectivity index (χ2n) is 4.15. The van der Waals surface area contributed by atoms with Gasteiger partial charge in [0, 0.05) is 16.0 Å². The summed E-state index contributed by atoms with van der Waals surface area (Å²) in [5.74, 6) is 6.66. The van der Waals surface area contributed by atoms with Gasteiger partial charge in [0.15, 0.2) is 0 Å². The van der Waals surface area contributed by atoms with Crippen LogP contribution in [0.5, 0.6) is 0 Å². The topological polar surface area (TPSA) is 88.8 Å². The summed E-state index contributed by atoms with van der Waals surface area (Å²) in [6, 6.07) is 2.13. The number of rotatable bonds is 5. The van der Waals surface area contributed by atoms with Crippen LogP contribution in [0.25, 0.3) is 10.2 Å².